The first kappa shape index (κ1) is 26.4. The van der Waals surface area contributed by atoms with Crippen LogP contribution < -0.4 is 10.6 Å². The van der Waals surface area contributed by atoms with E-state index in [9.17, 15) is 9.90 Å². The molecule has 1 saturated heterocycles. The van der Waals surface area contributed by atoms with Crippen LogP contribution in [0.5, 0.6) is 0 Å². The fourth-order valence-electron chi connectivity index (χ4n) is 4.54. The Labute approximate surface area is 208 Å². The molecule has 3 rings (SSSR count). The number of carbonyl (C=O) groups excluding carboxylic acids is 1. The number of nitrogens with one attached hydrogen (secondary N) is 2. The Kier molecular flexibility index (Phi) is 8.22. The first-order chi connectivity index (χ1) is 15.9. The summed E-state index contributed by atoms with van der Waals surface area (Å²) in [6.45, 7) is 19.0. The van der Waals surface area contributed by atoms with Crippen molar-refractivity contribution < 1.29 is 9.90 Å². The normalized spacial score (nSPS) is 20.4. The molecule has 34 heavy (non-hydrogen) atoms. The summed E-state index contributed by atoms with van der Waals surface area (Å²) in [5.41, 5.74) is 5.73. The number of benzene rings is 1. The fourth-order valence-corrected chi connectivity index (χ4v) is 5.35. The molecule has 0 spiro atoms. The Morgan fingerprint density at radius 2 is 1.88 bits per heavy atom. The molecule has 3 N–H and O–H groups in total. The molecule has 0 bridgehead atoms. The van der Waals surface area contributed by atoms with Crippen LogP contribution in [0.25, 0.3) is 10.4 Å². The summed E-state index contributed by atoms with van der Waals surface area (Å²) in [6.07, 6.45) is -0.0590. The van der Waals surface area contributed by atoms with Gasteiger partial charge in [0.2, 0.25) is 5.91 Å². The van der Waals surface area contributed by atoms with E-state index in [4.69, 9.17) is 0 Å². The summed E-state index contributed by atoms with van der Waals surface area (Å²) in [6, 6.07) is 8.09. The quantitative estimate of drug-likeness (QED) is 0.508. The number of amides is 1. The molecule has 1 fully saturated rings. The van der Waals surface area contributed by atoms with Gasteiger partial charge in [0.1, 0.15) is 0 Å². The Morgan fingerprint density at radius 1 is 1.24 bits per heavy atom. The minimum absolute atomic E-state index is 0.0163. The fraction of sp³-hybridized carbons (Fsp3) is 0.556. The molecule has 1 aromatic heterocycles. The van der Waals surface area contributed by atoms with Crippen LogP contribution >= 0.6 is 11.3 Å². The van der Waals surface area contributed by atoms with Crippen LogP contribution in [0.2, 0.25) is 0 Å². The molecule has 1 aliphatic rings. The Bertz CT molecular complexity index is 993. The summed E-state index contributed by atoms with van der Waals surface area (Å²) >= 11 is 1.65. The lowest BCUT2D eigenvalue weighted by Crippen LogP contribution is -2.56. The number of aromatic nitrogens is 1. The van der Waals surface area contributed by atoms with E-state index in [-0.39, 0.29) is 35.5 Å². The van der Waals surface area contributed by atoms with Crippen LogP contribution in [-0.4, -0.2) is 51.7 Å². The van der Waals surface area contributed by atoms with E-state index in [1.54, 1.807) is 16.2 Å². The van der Waals surface area contributed by atoms with Gasteiger partial charge in [-0.2, -0.15) is 0 Å². The first-order valence-electron chi connectivity index (χ1n) is 12.1. The van der Waals surface area contributed by atoms with Crippen molar-refractivity contribution in [3.63, 3.8) is 0 Å². The summed E-state index contributed by atoms with van der Waals surface area (Å²) in [5, 5.41) is 17.4. The number of aliphatic hydroxyl groups is 1. The second-order valence-electron chi connectivity index (χ2n) is 10.8. The molecule has 1 amide bonds. The van der Waals surface area contributed by atoms with Gasteiger partial charge in [-0.15, -0.1) is 11.3 Å². The van der Waals surface area contributed by atoms with Crippen molar-refractivity contribution in [3.8, 4) is 10.4 Å². The summed E-state index contributed by atoms with van der Waals surface area (Å²) in [7, 11) is 0. The van der Waals surface area contributed by atoms with Crippen LogP contribution in [0.1, 0.15) is 65.3 Å². The number of rotatable bonds is 8. The van der Waals surface area contributed by atoms with Gasteiger partial charge in [-0.05, 0) is 30.4 Å². The van der Waals surface area contributed by atoms with Gasteiger partial charge in [0.15, 0.2) is 0 Å². The lowest BCUT2D eigenvalue weighted by molar-refractivity contribution is -0.137. The highest BCUT2D eigenvalue weighted by Gasteiger charge is 2.42. The summed E-state index contributed by atoms with van der Waals surface area (Å²) in [5.74, 6) is 0.0163. The maximum Gasteiger partial charge on any atom is 0.240 e. The van der Waals surface area contributed by atoms with Crippen molar-refractivity contribution in [2.24, 2.45) is 5.41 Å². The van der Waals surface area contributed by atoms with Crippen molar-refractivity contribution >= 4 is 17.2 Å². The number of hydrogen-bond donors (Lipinski definition) is 3. The zero-order chi connectivity index (χ0) is 25.2. The molecule has 0 radical (unpaired) electrons. The van der Waals surface area contributed by atoms with E-state index in [0.29, 0.717) is 13.0 Å². The van der Waals surface area contributed by atoms with E-state index in [1.165, 1.54) is 4.88 Å². The lowest BCUT2D eigenvalue weighted by Gasteiger charge is -2.37. The largest absolute Gasteiger partial charge is 0.391 e. The molecule has 6 nitrogen and oxygen atoms in total. The number of carbonyl (C=O) groups is 1. The minimum atomic E-state index is -0.551. The molecule has 0 aliphatic carbocycles. The van der Waals surface area contributed by atoms with E-state index in [1.807, 2.05) is 26.3 Å². The zero-order valence-electron chi connectivity index (χ0n) is 21.6. The van der Waals surface area contributed by atoms with E-state index in [0.717, 1.165) is 22.5 Å². The average Bonchev–Trinajstić information content (AvgIpc) is 3.36. The van der Waals surface area contributed by atoms with Gasteiger partial charge in [0.25, 0.3) is 0 Å². The van der Waals surface area contributed by atoms with Crippen molar-refractivity contribution in [1.82, 2.24) is 20.5 Å². The highest BCUT2D eigenvalue weighted by Crippen LogP contribution is 2.31. The van der Waals surface area contributed by atoms with Gasteiger partial charge in [0, 0.05) is 30.7 Å². The van der Waals surface area contributed by atoms with Crippen molar-refractivity contribution in [2.75, 3.05) is 6.54 Å². The number of likely N-dealkylation sites (tertiary alicyclic amines) is 1. The lowest BCUT2D eigenvalue weighted by atomic mass is 9.85. The highest BCUT2D eigenvalue weighted by molar-refractivity contribution is 7.13. The molecule has 2 heterocycles. The van der Waals surface area contributed by atoms with E-state index in [2.05, 4.69) is 74.2 Å². The molecule has 4 atom stereocenters. The van der Waals surface area contributed by atoms with E-state index < -0.39 is 6.10 Å². The maximum atomic E-state index is 13.6. The van der Waals surface area contributed by atoms with Crippen LogP contribution in [-0.2, 0) is 4.79 Å². The Morgan fingerprint density at radius 3 is 2.41 bits per heavy atom. The summed E-state index contributed by atoms with van der Waals surface area (Å²) in [4.78, 5) is 20.9. The maximum absolute atomic E-state index is 13.6. The van der Waals surface area contributed by atoms with E-state index >= 15 is 0 Å². The van der Waals surface area contributed by atoms with Gasteiger partial charge < -0.3 is 20.6 Å². The van der Waals surface area contributed by atoms with Crippen LogP contribution in [0, 0.1) is 12.3 Å². The number of nitrogens with zero attached hydrogens (tertiary/aromatic N) is 2. The standard InChI is InChI=1S/C27H40N4O2S/c1-16(2)29-25(27(6,7)8)26(33)31-14-22(32)13-23(31)18(4)30-17(3)20-9-11-21(12-10-20)24-19(5)28-15-34-24/h9-12,15-17,22-23,25,29-30,32H,4,13-14H2,1-3,5-8H3/t17-,22-,23?,25+/m0/s1. The SMILES string of the molecule is C=C(N[C@@H](C)c1ccc(-c2scnc2C)cc1)C1C[C@H](O)CN1C(=O)[C@@H](NC(C)C)C(C)(C)C. The number of thiazole rings is 1. The smallest absolute Gasteiger partial charge is 0.240 e. The number of hydrogen-bond acceptors (Lipinski definition) is 6. The Hall–Kier alpha value is -2.22. The molecule has 186 valence electrons. The Balaban J connectivity index is 1.72. The third kappa shape index (κ3) is 6.06. The second-order valence-corrected chi connectivity index (χ2v) is 11.7. The molecule has 7 heteroatoms. The van der Waals surface area contributed by atoms with Crippen molar-refractivity contribution in [3.05, 3.63) is 53.3 Å². The zero-order valence-corrected chi connectivity index (χ0v) is 22.4. The molecule has 1 unspecified atom stereocenters. The van der Waals surface area contributed by atoms with Gasteiger partial charge in [0.05, 0.1) is 34.3 Å². The van der Waals surface area contributed by atoms with Crippen LogP contribution in [0.4, 0.5) is 0 Å². The van der Waals surface area contributed by atoms with Crippen LogP contribution in [0.3, 0.4) is 0 Å². The predicted octanol–water partition coefficient (Wildman–Crippen LogP) is 4.66. The first-order valence-corrected chi connectivity index (χ1v) is 13.0. The van der Waals surface area contributed by atoms with Gasteiger partial charge in [-0.25, -0.2) is 4.98 Å². The molecular formula is C27H40N4O2S. The average molecular weight is 485 g/mol. The van der Waals surface area contributed by atoms with Crippen molar-refractivity contribution in [1.29, 1.82) is 0 Å². The van der Waals surface area contributed by atoms with Gasteiger partial charge in [-0.3, -0.25) is 4.79 Å². The minimum Gasteiger partial charge on any atom is -0.391 e. The third-order valence-corrected chi connectivity index (χ3v) is 7.38. The molecular weight excluding hydrogens is 444 g/mol. The van der Waals surface area contributed by atoms with Gasteiger partial charge in [-0.1, -0.05) is 65.5 Å². The van der Waals surface area contributed by atoms with Crippen LogP contribution in [0.15, 0.2) is 42.1 Å². The van der Waals surface area contributed by atoms with Gasteiger partial charge >= 0.3 is 0 Å². The molecule has 1 aliphatic heterocycles. The van der Waals surface area contributed by atoms with Crippen molar-refractivity contribution in [2.45, 2.75) is 85.2 Å². The predicted molar refractivity (Wildman–Crippen MR) is 141 cm³/mol. The number of β-amino-alcohol motifs (C(OH)–C–C–N with tert-alkyl or cyclic N) is 1. The second kappa shape index (κ2) is 10.6. The molecule has 2 aromatic rings. The topological polar surface area (TPSA) is 77.5 Å². The highest BCUT2D eigenvalue weighted by atomic mass is 32.1. The molecule has 1 aromatic carbocycles. The number of aryl methyl sites for hydroxylation is 1. The third-order valence-electron chi connectivity index (χ3n) is 6.40. The molecule has 0 saturated carbocycles. The monoisotopic (exact) mass is 484 g/mol. The summed E-state index contributed by atoms with van der Waals surface area (Å²) < 4.78 is 0. The number of aliphatic hydroxyl groups excluding tert-OH is 1.